The first-order valence-corrected chi connectivity index (χ1v) is 8.77. The van der Waals surface area contributed by atoms with Gasteiger partial charge in [-0.1, -0.05) is 33.6 Å². The van der Waals surface area contributed by atoms with Gasteiger partial charge in [0.1, 0.15) is 0 Å². The van der Waals surface area contributed by atoms with Crippen molar-refractivity contribution in [3.8, 4) is 0 Å². The van der Waals surface area contributed by atoms with Gasteiger partial charge in [0.2, 0.25) is 0 Å². The molecule has 1 aliphatic heterocycles. The topological polar surface area (TPSA) is 35.9 Å². The third-order valence-electron chi connectivity index (χ3n) is 4.06. The third kappa shape index (κ3) is 3.47. The highest BCUT2D eigenvalue weighted by Crippen LogP contribution is 2.23. The molecule has 0 saturated heterocycles. The largest absolute Gasteiger partial charge is 0.344 e. The van der Waals surface area contributed by atoms with Gasteiger partial charge >= 0.3 is 6.03 Å². The summed E-state index contributed by atoms with van der Waals surface area (Å²) in [5.41, 5.74) is 2.98. The predicted molar refractivity (Wildman–Crippen MR) is 102 cm³/mol. The second-order valence-corrected chi connectivity index (χ2v) is 7.16. The maximum absolute atomic E-state index is 12.9. The molecular formula is C18H17BrClN3O. The molecule has 0 spiro atoms. The lowest BCUT2D eigenvalue weighted by atomic mass is 10.0. The number of anilines is 1. The number of hydrogen-bond donors (Lipinski definition) is 0. The summed E-state index contributed by atoms with van der Waals surface area (Å²) in [6.45, 7) is 2.00. The fourth-order valence-electron chi connectivity index (χ4n) is 2.68. The summed E-state index contributed by atoms with van der Waals surface area (Å²) in [4.78, 5) is 14.4. The Bertz CT molecular complexity index is 791. The molecule has 0 aliphatic carbocycles. The smallest absolute Gasteiger partial charge is 0.296 e. The van der Waals surface area contributed by atoms with Crippen molar-refractivity contribution >= 4 is 45.5 Å². The molecule has 2 aromatic rings. The zero-order valence-electron chi connectivity index (χ0n) is 13.4. The molecule has 1 aliphatic rings. The van der Waals surface area contributed by atoms with E-state index in [4.69, 9.17) is 11.6 Å². The Kier molecular flexibility index (Phi) is 4.92. The fourth-order valence-corrected chi connectivity index (χ4v) is 3.19. The lowest BCUT2D eigenvalue weighted by Gasteiger charge is -2.28. The van der Waals surface area contributed by atoms with Crippen molar-refractivity contribution in [3.05, 3.63) is 63.1 Å². The number of halogens is 2. The van der Waals surface area contributed by atoms with E-state index in [9.17, 15) is 4.79 Å². The molecule has 1 unspecified atom stereocenters. The van der Waals surface area contributed by atoms with Crippen LogP contribution in [0.25, 0.3) is 0 Å². The molecule has 2 amide bonds. The van der Waals surface area contributed by atoms with E-state index in [-0.39, 0.29) is 12.1 Å². The van der Waals surface area contributed by atoms with Crippen molar-refractivity contribution in [2.45, 2.75) is 19.4 Å². The summed E-state index contributed by atoms with van der Waals surface area (Å²) in [6.07, 6.45) is 2.50. The molecule has 0 saturated carbocycles. The molecule has 3 rings (SSSR count). The van der Waals surface area contributed by atoms with Crippen LogP contribution < -0.4 is 4.90 Å². The zero-order chi connectivity index (χ0) is 17.3. The van der Waals surface area contributed by atoms with Crippen molar-refractivity contribution in [3.63, 3.8) is 0 Å². The van der Waals surface area contributed by atoms with Gasteiger partial charge in [-0.05, 0) is 60.9 Å². The lowest BCUT2D eigenvalue weighted by molar-refractivity contribution is 0.190. The molecule has 2 aromatic carbocycles. The summed E-state index contributed by atoms with van der Waals surface area (Å²) in [7, 11) is 1.74. The van der Waals surface area contributed by atoms with Crippen molar-refractivity contribution in [1.29, 1.82) is 0 Å². The number of rotatable bonds is 1. The highest BCUT2D eigenvalue weighted by atomic mass is 79.9. The number of carbonyl (C=O) groups is 1. The summed E-state index contributed by atoms with van der Waals surface area (Å²) in [6, 6.07) is 13.1. The Balaban J connectivity index is 1.85. The van der Waals surface area contributed by atoms with Crippen molar-refractivity contribution < 1.29 is 4.79 Å². The van der Waals surface area contributed by atoms with E-state index >= 15 is 0 Å². The van der Waals surface area contributed by atoms with Gasteiger partial charge in [-0.3, -0.25) is 4.90 Å². The number of hydrazone groups is 1. The van der Waals surface area contributed by atoms with Crippen LogP contribution in [0.3, 0.4) is 0 Å². The molecule has 4 nitrogen and oxygen atoms in total. The van der Waals surface area contributed by atoms with Crippen LogP contribution in [0.2, 0.25) is 5.02 Å². The molecule has 0 radical (unpaired) electrons. The van der Waals surface area contributed by atoms with Crippen LogP contribution in [0.4, 0.5) is 10.5 Å². The van der Waals surface area contributed by atoms with E-state index in [2.05, 4.69) is 27.1 Å². The number of fused-ring (bicyclic) bond motifs is 1. The Morgan fingerprint density at radius 2 is 2.00 bits per heavy atom. The molecule has 0 fully saturated rings. The first-order chi connectivity index (χ1) is 11.5. The van der Waals surface area contributed by atoms with Crippen LogP contribution in [-0.4, -0.2) is 30.3 Å². The molecule has 0 aromatic heterocycles. The molecule has 1 atom stereocenters. The maximum Gasteiger partial charge on any atom is 0.344 e. The number of amides is 2. The Hall–Kier alpha value is -1.85. The Morgan fingerprint density at radius 1 is 1.29 bits per heavy atom. The van der Waals surface area contributed by atoms with Crippen LogP contribution >= 0.6 is 27.5 Å². The minimum atomic E-state index is -0.173. The molecule has 124 valence electrons. The van der Waals surface area contributed by atoms with Gasteiger partial charge in [0.05, 0.1) is 12.3 Å². The van der Waals surface area contributed by atoms with E-state index in [0.29, 0.717) is 5.02 Å². The van der Waals surface area contributed by atoms with Crippen LogP contribution in [0.15, 0.2) is 52.0 Å². The second kappa shape index (κ2) is 6.95. The average molecular weight is 407 g/mol. The van der Waals surface area contributed by atoms with Gasteiger partial charge in [-0.2, -0.15) is 5.10 Å². The summed E-state index contributed by atoms with van der Waals surface area (Å²) < 4.78 is 0.999. The summed E-state index contributed by atoms with van der Waals surface area (Å²) >= 11 is 9.39. The molecule has 1 heterocycles. The first-order valence-electron chi connectivity index (χ1n) is 7.60. The molecule has 0 N–H and O–H groups in total. The van der Waals surface area contributed by atoms with E-state index in [0.717, 1.165) is 22.1 Å². The van der Waals surface area contributed by atoms with Gasteiger partial charge in [-0.25, -0.2) is 9.80 Å². The molecule has 0 bridgehead atoms. The SMILES string of the molecule is CC1Cc2ccc(Br)cc2C=NN1C(=O)N(C)c1ccc(Cl)cc1. The standard InChI is InChI=1S/C18H17BrClN3O/c1-12-9-13-3-4-15(19)10-14(13)11-21-23(12)18(24)22(2)17-7-5-16(20)6-8-17/h3-8,10-12H,9H2,1-2H3. The quantitative estimate of drug-likeness (QED) is 0.661. The van der Waals surface area contributed by atoms with Crippen LogP contribution in [-0.2, 0) is 6.42 Å². The second-order valence-electron chi connectivity index (χ2n) is 5.80. The average Bonchev–Trinajstić information content (AvgIpc) is 2.72. The minimum absolute atomic E-state index is 0.0362. The number of hydrogen-bond acceptors (Lipinski definition) is 2. The van der Waals surface area contributed by atoms with Crippen LogP contribution in [0, 0.1) is 0 Å². The molecular weight excluding hydrogens is 390 g/mol. The summed E-state index contributed by atoms with van der Waals surface area (Å²) in [5.74, 6) is 0. The third-order valence-corrected chi connectivity index (χ3v) is 4.80. The monoisotopic (exact) mass is 405 g/mol. The Labute approximate surface area is 154 Å². The molecule has 6 heteroatoms. The van der Waals surface area contributed by atoms with Crippen LogP contribution in [0.1, 0.15) is 18.1 Å². The predicted octanol–water partition coefficient (Wildman–Crippen LogP) is 4.94. The Morgan fingerprint density at radius 3 is 2.71 bits per heavy atom. The highest BCUT2D eigenvalue weighted by Gasteiger charge is 2.26. The van der Waals surface area contributed by atoms with E-state index in [1.165, 1.54) is 10.6 Å². The highest BCUT2D eigenvalue weighted by molar-refractivity contribution is 9.10. The van der Waals surface area contributed by atoms with Crippen molar-refractivity contribution in [2.24, 2.45) is 5.10 Å². The summed E-state index contributed by atoms with van der Waals surface area (Å²) in [5, 5.41) is 6.59. The number of urea groups is 1. The zero-order valence-corrected chi connectivity index (χ0v) is 15.8. The normalized spacial score (nSPS) is 16.5. The molecule has 24 heavy (non-hydrogen) atoms. The van der Waals surface area contributed by atoms with Gasteiger partial charge in [0.15, 0.2) is 0 Å². The van der Waals surface area contributed by atoms with E-state index < -0.39 is 0 Å². The first kappa shape index (κ1) is 17.0. The van der Waals surface area contributed by atoms with E-state index in [1.807, 2.05) is 31.2 Å². The number of nitrogens with zero attached hydrogens (tertiary/aromatic N) is 3. The van der Waals surface area contributed by atoms with Crippen molar-refractivity contribution in [1.82, 2.24) is 5.01 Å². The minimum Gasteiger partial charge on any atom is -0.296 e. The van der Waals surface area contributed by atoms with Gasteiger partial charge in [0, 0.05) is 22.2 Å². The lowest BCUT2D eigenvalue weighted by Crippen LogP contribution is -2.43. The maximum atomic E-state index is 12.9. The van der Waals surface area contributed by atoms with Crippen LogP contribution in [0.5, 0.6) is 0 Å². The fraction of sp³-hybridized carbons (Fsp3) is 0.222. The van der Waals surface area contributed by atoms with Gasteiger partial charge in [-0.15, -0.1) is 0 Å². The van der Waals surface area contributed by atoms with Gasteiger partial charge in [0.25, 0.3) is 0 Å². The van der Waals surface area contributed by atoms with E-state index in [1.54, 1.807) is 30.3 Å². The number of carbonyl (C=O) groups excluding carboxylic acids is 1. The number of benzene rings is 2. The van der Waals surface area contributed by atoms with Crippen molar-refractivity contribution in [2.75, 3.05) is 11.9 Å². The van der Waals surface area contributed by atoms with Gasteiger partial charge < -0.3 is 0 Å².